The largest absolute Gasteiger partial charge is 0.442 e. The quantitative estimate of drug-likeness (QED) is 0.808. The Kier molecular flexibility index (Phi) is 7.32. The van der Waals surface area contributed by atoms with Crippen LogP contribution < -0.4 is 10.2 Å². The first-order valence-corrected chi connectivity index (χ1v) is 10.4. The monoisotopic (exact) mass is 400 g/mol. The van der Waals surface area contributed by atoms with Crippen LogP contribution in [0.25, 0.3) is 0 Å². The van der Waals surface area contributed by atoms with Gasteiger partial charge in [-0.3, -0.25) is 13.9 Å². The van der Waals surface area contributed by atoms with Gasteiger partial charge in [0, 0.05) is 28.7 Å². The molecule has 2 saturated heterocycles. The van der Waals surface area contributed by atoms with Crippen molar-refractivity contribution < 1.29 is 28.4 Å². The highest BCUT2D eigenvalue weighted by Gasteiger charge is 2.33. The van der Waals surface area contributed by atoms with E-state index in [1.165, 1.54) is 11.0 Å². The van der Waals surface area contributed by atoms with Crippen LogP contribution in [0.2, 0.25) is 0 Å². The minimum Gasteiger partial charge on any atom is -0.442 e. The maximum absolute atomic E-state index is 14.6. The molecule has 0 unspecified atom stereocenters. The van der Waals surface area contributed by atoms with Gasteiger partial charge in [0.1, 0.15) is 11.9 Å². The molecule has 2 fully saturated rings. The summed E-state index contributed by atoms with van der Waals surface area (Å²) in [5.41, 5.74) is 1.06. The maximum atomic E-state index is 14.6. The van der Waals surface area contributed by atoms with Gasteiger partial charge in [0.15, 0.2) is 0 Å². The average molecular weight is 400 g/mol. The number of hydrogen-bond donors (Lipinski definition) is 1. The van der Waals surface area contributed by atoms with Gasteiger partial charge in [-0.25, -0.2) is 9.18 Å². The van der Waals surface area contributed by atoms with Gasteiger partial charge in [-0.05, 0) is 36.5 Å². The Hall–Kier alpha value is -2.00. The molecule has 2 aliphatic rings. The van der Waals surface area contributed by atoms with E-state index in [-0.39, 0.29) is 36.2 Å². The lowest BCUT2D eigenvalue weighted by molar-refractivity contribution is -0.121. The maximum Gasteiger partial charge on any atom is 0.414 e. The summed E-state index contributed by atoms with van der Waals surface area (Å²) in [4.78, 5) is 24.8. The molecule has 3 rings (SSSR count). The van der Waals surface area contributed by atoms with Crippen molar-refractivity contribution in [3.8, 4) is 0 Å². The molecule has 9 heteroatoms. The number of hydrogen-bond acceptors (Lipinski definition) is 4. The first-order valence-electron chi connectivity index (χ1n) is 8.87. The number of ether oxygens (including phenoxy) is 1. The molecular formula is C18H25FN2O5S. The van der Waals surface area contributed by atoms with Crippen LogP contribution in [0, 0.1) is 5.82 Å². The van der Waals surface area contributed by atoms with Crippen LogP contribution >= 0.6 is 0 Å². The zero-order valence-corrected chi connectivity index (χ0v) is 16.0. The number of amides is 2. The Bertz CT molecular complexity index is 720. The zero-order chi connectivity index (χ0) is 18.7. The molecule has 1 aromatic rings. The standard InChI is InChI=1S/C18H23FN2O4S.H2O/c1-2-17(22)20-10-14-11-21(18(23)25-14)13-3-4-15(16(19)9-13)12-5-7-26(24)8-6-12;/h3-4,9,12,14H,2,5-8,10-11H2,1H3,(H,20,22);1H2/t12?,14-,26?;/m0./s1. The van der Waals surface area contributed by atoms with Gasteiger partial charge in [0.2, 0.25) is 5.91 Å². The predicted octanol–water partition coefficient (Wildman–Crippen LogP) is 1.48. The van der Waals surface area contributed by atoms with Crippen molar-refractivity contribution in [3.63, 3.8) is 0 Å². The number of rotatable bonds is 5. The normalized spacial score (nSPS) is 24.9. The van der Waals surface area contributed by atoms with Crippen molar-refractivity contribution >= 4 is 28.5 Å². The third-order valence-corrected chi connectivity index (χ3v) is 6.23. The van der Waals surface area contributed by atoms with Crippen molar-refractivity contribution in [2.75, 3.05) is 29.5 Å². The molecule has 2 amide bonds. The van der Waals surface area contributed by atoms with Gasteiger partial charge in [0.05, 0.1) is 18.8 Å². The first-order chi connectivity index (χ1) is 12.5. The predicted molar refractivity (Wildman–Crippen MR) is 101 cm³/mol. The van der Waals surface area contributed by atoms with Gasteiger partial charge in [0.25, 0.3) is 0 Å². The number of cyclic esters (lactones) is 1. The lowest BCUT2D eigenvalue weighted by Gasteiger charge is -2.23. The highest BCUT2D eigenvalue weighted by molar-refractivity contribution is 7.85. The van der Waals surface area contributed by atoms with Crippen molar-refractivity contribution in [3.05, 3.63) is 29.6 Å². The fourth-order valence-corrected chi connectivity index (χ4v) is 4.61. The number of halogens is 1. The highest BCUT2D eigenvalue weighted by atomic mass is 32.2. The number of nitrogens with zero attached hydrogens (tertiary/aromatic N) is 1. The van der Waals surface area contributed by atoms with E-state index >= 15 is 0 Å². The van der Waals surface area contributed by atoms with Gasteiger partial charge < -0.3 is 15.5 Å². The van der Waals surface area contributed by atoms with Crippen molar-refractivity contribution in [1.29, 1.82) is 0 Å². The molecule has 3 N–H and O–H groups in total. The summed E-state index contributed by atoms with van der Waals surface area (Å²) in [6.45, 7) is 2.26. The molecule has 0 radical (unpaired) electrons. The molecular weight excluding hydrogens is 375 g/mol. The first kappa shape index (κ1) is 21.3. The van der Waals surface area contributed by atoms with E-state index in [9.17, 15) is 18.2 Å². The lowest BCUT2D eigenvalue weighted by atomic mass is 9.93. The second kappa shape index (κ2) is 9.27. The van der Waals surface area contributed by atoms with Gasteiger partial charge in [-0.15, -0.1) is 0 Å². The smallest absolute Gasteiger partial charge is 0.414 e. The molecule has 1 aromatic carbocycles. The molecule has 0 spiro atoms. The number of benzene rings is 1. The van der Waals surface area contributed by atoms with Crippen molar-refractivity contribution in [2.45, 2.75) is 38.2 Å². The summed E-state index contributed by atoms with van der Waals surface area (Å²) in [7, 11) is -0.785. The van der Waals surface area contributed by atoms with E-state index in [0.717, 1.165) is 0 Å². The second-order valence-corrected chi connectivity index (χ2v) is 8.30. The molecule has 0 aromatic heterocycles. The molecule has 7 nitrogen and oxygen atoms in total. The van der Waals surface area contributed by atoms with E-state index in [0.29, 0.717) is 42.0 Å². The molecule has 150 valence electrons. The fourth-order valence-electron chi connectivity index (χ4n) is 3.31. The Morgan fingerprint density at radius 2 is 2.07 bits per heavy atom. The minimum absolute atomic E-state index is 0. The van der Waals surface area contributed by atoms with Crippen LogP contribution in [0.5, 0.6) is 0 Å². The lowest BCUT2D eigenvalue weighted by Crippen LogP contribution is -2.34. The summed E-state index contributed by atoms with van der Waals surface area (Å²) in [5.74, 6) is 0.827. The molecule has 0 saturated carbocycles. The molecule has 1 atom stereocenters. The van der Waals surface area contributed by atoms with E-state index in [2.05, 4.69) is 5.32 Å². The van der Waals surface area contributed by atoms with Gasteiger partial charge in [-0.2, -0.15) is 0 Å². The van der Waals surface area contributed by atoms with Gasteiger partial charge in [-0.1, -0.05) is 13.0 Å². The number of nitrogens with one attached hydrogen (secondary N) is 1. The second-order valence-electron chi connectivity index (χ2n) is 6.60. The van der Waals surface area contributed by atoms with Crippen LogP contribution in [0.3, 0.4) is 0 Å². The van der Waals surface area contributed by atoms with Crippen LogP contribution in [0.15, 0.2) is 18.2 Å². The van der Waals surface area contributed by atoms with Gasteiger partial charge >= 0.3 is 6.09 Å². The summed E-state index contributed by atoms with van der Waals surface area (Å²) in [5, 5.41) is 2.69. The summed E-state index contributed by atoms with van der Waals surface area (Å²) < 4.78 is 31.3. The Labute approximate surface area is 160 Å². The van der Waals surface area contributed by atoms with Crippen molar-refractivity contribution in [2.24, 2.45) is 0 Å². The number of carbonyl (C=O) groups excluding carboxylic acids is 2. The van der Waals surface area contributed by atoms with E-state index < -0.39 is 23.0 Å². The summed E-state index contributed by atoms with van der Waals surface area (Å²) >= 11 is 0. The number of carbonyl (C=O) groups is 2. The Morgan fingerprint density at radius 3 is 2.70 bits per heavy atom. The topological polar surface area (TPSA) is 107 Å². The number of anilines is 1. The summed E-state index contributed by atoms with van der Waals surface area (Å²) in [6, 6.07) is 4.79. The Morgan fingerprint density at radius 1 is 1.37 bits per heavy atom. The van der Waals surface area contributed by atoms with E-state index in [1.807, 2.05) is 0 Å². The molecule has 0 aliphatic carbocycles. The third-order valence-electron chi connectivity index (χ3n) is 4.85. The van der Waals surface area contributed by atoms with Crippen LogP contribution in [-0.2, 0) is 20.3 Å². The van der Waals surface area contributed by atoms with E-state index in [1.54, 1.807) is 19.1 Å². The highest BCUT2D eigenvalue weighted by Crippen LogP contribution is 2.32. The average Bonchev–Trinajstić information content (AvgIpc) is 3.01. The van der Waals surface area contributed by atoms with Crippen LogP contribution in [0.4, 0.5) is 14.9 Å². The van der Waals surface area contributed by atoms with Crippen molar-refractivity contribution in [1.82, 2.24) is 5.32 Å². The molecule has 0 bridgehead atoms. The zero-order valence-electron chi connectivity index (χ0n) is 15.2. The molecule has 2 aliphatic heterocycles. The molecule has 2 heterocycles. The minimum atomic E-state index is -0.785. The summed E-state index contributed by atoms with van der Waals surface area (Å²) in [6.07, 6.45) is 0.808. The van der Waals surface area contributed by atoms with Crippen LogP contribution in [-0.4, -0.2) is 52.4 Å². The molecule has 27 heavy (non-hydrogen) atoms. The SMILES string of the molecule is CCC(=O)NC[C@H]1CN(c2ccc(C3CCS(=O)CC3)c(F)c2)C(=O)O1.O. The van der Waals surface area contributed by atoms with E-state index in [4.69, 9.17) is 4.74 Å². The third kappa shape index (κ3) is 5.04. The van der Waals surface area contributed by atoms with Crippen LogP contribution in [0.1, 0.15) is 37.7 Å². The Balaban J connectivity index is 0.00000261. The fraction of sp³-hybridized carbons (Fsp3) is 0.556.